The van der Waals surface area contributed by atoms with Crippen molar-refractivity contribution in [2.75, 3.05) is 5.88 Å². The molecule has 0 aromatic heterocycles. The van der Waals surface area contributed by atoms with Crippen LogP contribution in [0.1, 0.15) is 37.6 Å². The van der Waals surface area contributed by atoms with Gasteiger partial charge in [0.1, 0.15) is 11.6 Å². The van der Waals surface area contributed by atoms with Crippen molar-refractivity contribution in [1.82, 2.24) is 5.32 Å². The molecule has 0 aliphatic rings. The summed E-state index contributed by atoms with van der Waals surface area (Å²) in [4.78, 5) is 12.0. The lowest BCUT2D eigenvalue weighted by Crippen LogP contribution is -2.44. The smallest absolute Gasteiger partial charge is 0.254 e. The SMILES string of the molecule is CC(C)(C)C(CCCl)NC(=O)c1cc(F)ccc1F. The Hall–Kier alpha value is -1.16. The van der Waals surface area contributed by atoms with Crippen molar-refractivity contribution in [1.29, 1.82) is 0 Å². The number of amides is 1. The molecule has 1 aromatic rings. The Morgan fingerprint density at radius 3 is 2.53 bits per heavy atom. The summed E-state index contributed by atoms with van der Waals surface area (Å²) in [6.07, 6.45) is 0.563. The van der Waals surface area contributed by atoms with Gasteiger partial charge in [0, 0.05) is 11.9 Å². The summed E-state index contributed by atoms with van der Waals surface area (Å²) in [5, 5.41) is 2.71. The molecule has 0 heterocycles. The van der Waals surface area contributed by atoms with Crippen LogP contribution in [0.4, 0.5) is 8.78 Å². The highest BCUT2D eigenvalue weighted by Crippen LogP contribution is 2.23. The predicted octanol–water partition coefficient (Wildman–Crippen LogP) is 3.74. The molecule has 19 heavy (non-hydrogen) atoms. The van der Waals surface area contributed by atoms with E-state index >= 15 is 0 Å². The fourth-order valence-corrected chi connectivity index (χ4v) is 1.96. The molecular weight excluding hydrogens is 272 g/mol. The highest BCUT2D eigenvalue weighted by Gasteiger charge is 2.26. The first-order valence-electron chi connectivity index (χ1n) is 6.07. The highest BCUT2D eigenvalue weighted by atomic mass is 35.5. The Labute approximate surface area is 117 Å². The second-order valence-electron chi connectivity index (χ2n) is 5.49. The fraction of sp³-hybridized carbons (Fsp3) is 0.500. The molecule has 1 aromatic carbocycles. The van der Waals surface area contributed by atoms with Gasteiger partial charge in [0.25, 0.3) is 5.91 Å². The third-order valence-corrected chi connectivity index (χ3v) is 3.14. The second-order valence-corrected chi connectivity index (χ2v) is 5.87. The third-order valence-electron chi connectivity index (χ3n) is 2.92. The van der Waals surface area contributed by atoms with Gasteiger partial charge in [-0.3, -0.25) is 4.79 Å². The van der Waals surface area contributed by atoms with Gasteiger partial charge in [-0.25, -0.2) is 8.78 Å². The number of carbonyl (C=O) groups excluding carboxylic acids is 1. The average Bonchev–Trinajstić information content (AvgIpc) is 2.30. The Morgan fingerprint density at radius 1 is 1.37 bits per heavy atom. The summed E-state index contributed by atoms with van der Waals surface area (Å²) >= 11 is 5.70. The Balaban J connectivity index is 2.91. The minimum Gasteiger partial charge on any atom is -0.349 e. The second kappa shape index (κ2) is 6.33. The summed E-state index contributed by atoms with van der Waals surface area (Å²) in [5.74, 6) is -1.62. The van der Waals surface area contributed by atoms with Crippen LogP contribution in [0.15, 0.2) is 18.2 Å². The molecule has 1 N–H and O–H groups in total. The summed E-state index contributed by atoms with van der Waals surface area (Å²) in [6.45, 7) is 5.85. The largest absolute Gasteiger partial charge is 0.349 e. The first-order chi connectivity index (χ1) is 8.75. The van der Waals surface area contributed by atoms with Crippen molar-refractivity contribution in [3.05, 3.63) is 35.4 Å². The lowest BCUT2D eigenvalue weighted by atomic mass is 9.85. The van der Waals surface area contributed by atoms with Crippen LogP contribution < -0.4 is 5.32 Å². The molecule has 0 bridgehead atoms. The van der Waals surface area contributed by atoms with Gasteiger partial charge in [-0.15, -0.1) is 11.6 Å². The van der Waals surface area contributed by atoms with Crippen LogP contribution in [0, 0.1) is 17.0 Å². The number of carbonyl (C=O) groups is 1. The lowest BCUT2D eigenvalue weighted by molar-refractivity contribution is 0.0896. The maximum Gasteiger partial charge on any atom is 0.254 e. The van der Waals surface area contributed by atoms with Gasteiger partial charge in [-0.1, -0.05) is 20.8 Å². The third kappa shape index (κ3) is 4.46. The van der Waals surface area contributed by atoms with Crippen molar-refractivity contribution >= 4 is 17.5 Å². The van der Waals surface area contributed by atoms with E-state index in [-0.39, 0.29) is 17.0 Å². The summed E-state index contributed by atoms with van der Waals surface area (Å²) in [6, 6.07) is 2.61. The number of nitrogens with one attached hydrogen (secondary N) is 1. The number of benzene rings is 1. The Kier molecular flexibility index (Phi) is 5.29. The van der Waals surface area contributed by atoms with Gasteiger partial charge in [0.15, 0.2) is 0 Å². The van der Waals surface area contributed by atoms with E-state index in [1.54, 1.807) is 0 Å². The molecule has 0 aliphatic carbocycles. The van der Waals surface area contributed by atoms with E-state index in [4.69, 9.17) is 11.6 Å². The van der Waals surface area contributed by atoms with Crippen molar-refractivity contribution in [2.24, 2.45) is 5.41 Å². The molecule has 0 saturated heterocycles. The number of alkyl halides is 1. The van der Waals surface area contributed by atoms with Crippen LogP contribution >= 0.6 is 11.6 Å². The molecule has 1 atom stereocenters. The van der Waals surface area contributed by atoms with E-state index in [0.717, 1.165) is 18.2 Å². The number of hydrogen-bond donors (Lipinski definition) is 1. The van der Waals surface area contributed by atoms with Crippen LogP contribution in [0.3, 0.4) is 0 Å². The zero-order valence-corrected chi connectivity index (χ0v) is 12.0. The van der Waals surface area contributed by atoms with Crippen LogP contribution in [-0.2, 0) is 0 Å². The average molecular weight is 290 g/mol. The molecule has 5 heteroatoms. The summed E-state index contributed by atoms with van der Waals surface area (Å²) < 4.78 is 26.6. The molecule has 0 saturated carbocycles. The van der Waals surface area contributed by atoms with Crippen molar-refractivity contribution in [3.8, 4) is 0 Å². The zero-order valence-electron chi connectivity index (χ0n) is 11.3. The van der Waals surface area contributed by atoms with E-state index in [9.17, 15) is 13.6 Å². The van der Waals surface area contributed by atoms with Gasteiger partial charge >= 0.3 is 0 Å². The minimum absolute atomic E-state index is 0.208. The van der Waals surface area contributed by atoms with Crippen LogP contribution in [0.25, 0.3) is 0 Å². The van der Waals surface area contributed by atoms with Gasteiger partial charge in [-0.05, 0) is 30.0 Å². The minimum atomic E-state index is -0.738. The number of halogens is 3. The van der Waals surface area contributed by atoms with Crippen LogP contribution in [0.2, 0.25) is 0 Å². The normalized spacial score (nSPS) is 13.2. The molecule has 0 spiro atoms. The maximum atomic E-state index is 13.5. The lowest BCUT2D eigenvalue weighted by Gasteiger charge is -2.31. The van der Waals surface area contributed by atoms with Gasteiger partial charge < -0.3 is 5.32 Å². The predicted molar refractivity (Wildman–Crippen MR) is 72.4 cm³/mol. The molecule has 0 aliphatic heterocycles. The van der Waals surface area contributed by atoms with Gasteiger partial charge in [-0.2, -0.15) is 0 Å². The Bertz CT molecular complexity index is 457. The summed E-state index contributed by atoms with van der Waals surface area (Å²) in [5.41, 5.74) is -0.502. The number of rotatable bonds is 4. The van der Waals surface area contributed by atoms with Crippen molar-refractivity contribution in [2.45, 2.75) is 33.2 Å². The van der Waals surface area contributed by atoms with E-state index in [1.165, 1.54) is 0 Å². The van der Waals surface area contributed by atoms with Gasteiger partial charge in [0.2, 0.25) is 0 Å². The fourth-order valence-electron chi connectivity index (χ4n) is 1.74. The first-order valence-corrected chi connectivity index (χ1v) is 6.61. The maximum absolute atomic E-state index is 13.5. The molecule has 2 nitrogen and oxygen atoms in total. The monoisotopic (exact) mass is 289 g/mol. The number of hydrogen-bond acceptors (Lipinski definition) is 1. The molecule has 106 valence electrons. The highest BCUT2D eigenvalue weighted by molar-refractivity contribution is 6.17. The Morgan fingerprint density at radius 2 is 2.00 bits per heavy atom. The zero-order chi connectivity index (χ0) is 14.6. The van der Waals surface area contributed by atoms with Crippen LogP contribution in [-0.4, -0.2) is 17.8 Å². The quantitative estimate of drug-likeness (QED) is 0.841. The molecule has 1 unspecified atom stereocenters. The molecular formula is C14H18ClF2NO. The topological polar surface area (TPSA) is 29.1 Å². The molecule has 0 radical (unpaired) electrons. The molecule has 1 amide bonds. The standard InChI is InChI=1S/C14H18ClF2NO/c1-14(2,3)12(6-7-15)18-13(19)10-8-9(16)4-5-11(10)17/h4-5,8,12H,6-7H2,1-3H3,(H,18,19). The van der Waals surface area contributed by atoms with E-state index in [0.29, 0.717) is 12.3 Å². The van der Waals surface area contributed by atoms with Crippen LogP contribution in [0.5, 0.6) is 0 Å². The van der Waals surface area contributed by atoms with Crippen molar-refractivity contribution < 1.29 is 13.6 Å². The van der Waals surface area contributed by atoms with E-state index in [1.807, 2.05) is 20.8 Å². The molecule has 0 fully saturated rings. The molecule has 1 rings (SSSR count). The van der Waals surface area contributed by atoms with E-state index < -0.39 is 17.5 Å². The summed E-state index contributed by atoms with van der Waals surface area (Å²) in [7, 11) is 0. The van der Waals surface area contributed by atoms with Gasteiger partial charge in [0.05, 0.1) is 5.56 Å². The van der Waals surface area contributed by atoms with Crippen molar-refractivity contribution in [3.63, 3.8) is 0 Å². The first kappa shape index (κ1) is 15.9. The van der Waals surface area contributed by atoms with E-state index in [2.05, 4.69) is 5.32 Å².